The molecule has 0 heteroatoms. The SMILES string of the molecule is C=CC=CC(=C)CCc1ccccc1. The number of aryl methyl sites for hydroxylation is 1. The fraction of sp³-hybridized carbons (Fsp3) is 0.143. The van der Waals surface area contributed by atoms with Crippen molar-refractivity contribution in [3.63, 3.8) is 0 Å². The first-order valence-electron chi connectivity index (χ1n) is 4.83. The molecule has 0 saturated heterocycles. The summed E-state index contributed by atoms with van der Waals surface area (Å²) in [6.07, 6.45) is 7.77. The maximum Gasteiger partial charge on any atom is -0.0238 e. The van der Waals surface area contributed by atoms with E-state index in [9.17, 15) is 0 Å². The minimum atomic E-state index is 1.01. The van der Waals surface area contributed by atoms with E-state index in [1.807, 2.05) is 18.2 Å². The summed E-state index contributed by atoms with van der Waals surface area (Å²) in [7, 11) is 0. The fourth-order valence-corrected chi connectivity index (χ4v) is 1.24. The van der Waals surface area contributed by atoms with E-state index in [1.54, 1.807) is 6.08 Å². The van der Waals surface area contributed by atoms with E-state index < -0.39 is 0 Å². The van der Waals surface area contributed by atoms with E-state index in [0.717, 1.165) is 18.4 Å². The Balaban J connectivity index is 2.38. The summed E-state index contributed by atoms with van der Waals surface area (Å²) in [5, 5.41) is 0. The van der Waals surface area contributed by atoms with Gasteiger partial charge >= 0.3 is 0 Å². The molecule has 0 spiro atoms. The van der Waals surface area contributed by atoms with Crippen LogP contribution in [0.5, 0.6) is 0 Å². The van der Waals surface area contributed by atoms with Gasteiger partial charge in [0, 0.05) is 0 Å². The Bertz CT molecular complexity index is 317. The highest BCUT2D eigenvalue weighted by molar-refractivity contribution is 5.21. The van der Waals surface area contributed by atoms with Gasteiger partial charge in [0.15, 0.2) is 0 Å². The smallest absolute Gasteiger partial charge is 0.0238 e. The normalized spacial score (nSPS) is 10.3. The van der Waals surface area contributed by atoms with Crippen LogP contribution in [0.1, 0.15) is 12.0 Å². The molecule has 0 heterocycles. The van der Waals surface area contributed by atoms with Crippen LogP contribution in [0.15, 0.2) is 67.3 Å². The summed E-state index contributed by atoms with van der Waals surface area (Å²) >= 11 is 0. The maximum absolute atomic E-state index is 3.97. The number of hydrogen-bond donors (Lipinski definition) is 0. The number of rotatable bonds is 5. The molecule has 0 atom stereocenters. The van der Waals surface area contributed by atoms with Crippen LogP contribution in [0, 0.1) is 0 Å². The lowest BCUT2D eigenvalue weighted by Crippen LogP contribution is -1.85. The molecule has 0 N–H and O–H groups in total. The van der Waals surface area contributed by atoms with Crippen LogP contribution in [0.25, 0.3) is 0 Å². The van der Waals surface area contributed by atoms with Gasteiger partial charge in [-0.15, -0.1) is 0 Å². The monoisotopic (exact) mass is 184 g/mol. The number of hydrogen-bond acceptors (Lipinski definition) is 0. The van der Waals surface area contributed by atoms with Crippen molar-refractivity contribution < 1.29 is 0 Å². The molecule has 0 nitrogen and oxygen atoms in total. The Morgan fingerprint density at radius 2 is 1.93 bits per heavy atom. The van der Waals surface area contributed by atoms with Gasteiger partial charge in [0.1, 0.15) is 0 Å². The van der Waals surface area contributed by atoms with Crippen LogP contribution in [0.2, 0.25) is 0 Å². The summed E-state index contributed by atoms with van der Waals surface area (Å²) < 4.78 is 0. The van der Waals surface area contributed by atoms with Gasteiger partial charge in [0.2, 0.25) is 0 Å². The van der Waals surface area contributed by atoms with Crippen molar-refractivity contribution in [3.05, 3.63) is 72.9 Å². The van der Waals surface area contributed by atoms with Gasteiger partial charge in [-0.25, -0.2) is 0 Å². The molecule has 14 heavy (non-hydrogen) atoms. The van der Waals surface area contributed by atoms with Crippen molar-refractivity contribution in [2.75, 3.05) is 0 Å². The molecular weight excluding hydrogens is 168 g/mol. The molecule has 1 aromatic rings. The van der Waals surface area contributed by atoms with Crippen LogP contribution in [0.4, 0.5) is 0 Å². The van der Waals surface area contributed by atoms with Gasteiger partial charge < -0.3 is 0 Å². The molecule has 0 aromatic heterocycles. The van der Waals surface area contributed by atoms with E-state index in [1.165, 1.54) is 5.56 Å². The van der Waals surface area contributed by atoms with Crippen molar-refractivity contribution in [2.45, 2.75) is 12.8 Å². The minimum absolute atomic E-state index is 1.01. The summed E-state index contributed by atoms with van der Waals surface area (Å²) in [6, 6.07) is 10.5. The van der Waals surface area contributed by atoms with Crippen LogP contribution in [-0.2, 0) is 6.42 Å². The summed E-state index contributed by atoms with van der Waals surface area (Å²) in [4.78, 5) is 0. The topological polar surface area (TPSA) is 0 Å². The molecule has 0 aliphatic heterocycles. The molecule has 0 bridgehead atoms. The quantitative estimate of drug-likeness (QED) is 0.608. The van der Waals surface area contributed by atoms with Crippen LogP contribution < -0.4 is 0 Å². The minimum Gasteiger partial charge on any atom is -0.0991 e. The highest BCUT2D eigenvalue weighted by atomic mass is 14.0. The third-order valence-electron chi connectivity index (χ3n) is 2.05. The lowest BCUT2D eigenvalue weighted by atomic mass is 10.1. The lowest BCUT2D eigenvalue weighted by Gasteiger charge is -2.00. The summed E-state index contributed by atoms with van der Waals surface area (Å²) in [5.74, 6) is 0. The standard InChI is InChI=1S/C14H16/c1-3-4-8-13(2)11-12-14-9-6-5-7-10-14/h3-10H,1-2,11-12H2. The zero-order valence-corrected chi connectivity index (χ0v) is 8.45. The Labute approximate surface area is 86.3 Å². The first-order valence-corrected chi connectivity index (χ1v) is 4.83. The Hall–Kier alpha value is -1.56. The molecule has 1 aromatic carbocycles. The first kappa shape index (κ1) is 10.5. The molecule has 0 fully saturated rings. The third kappa shape index (κ3) is 3.90. The van der Waals surface area contributed by atoms with E-state index in [4.69, 9.17) is 0 Å². The highest BCUT2D eigenvalue weighted by Gasteiger charge is 1.92. The lowest BCUT2D eigenvalue weighted by molar-refractivity contribution is 0.969. The second kappa shape index (κ2) is 5.98. The Morgan fingerprint density at radius 3 is 2.57 bits per heavy atom. The highest BCUT2D eigenvalue weighted by Crippen LogP contribution is 2.08. The molecule has 0 amide bonds. The second-order valence-corrected chi connectivity index (χ2v) is 3.24. The predicted octanol–water partition coefficient (Wildman–Crippen LogP) is 3.92. The third-order valence-corrected chi connectivity index (χ3v) is 2.05. The molecule has 72 valence electrons. The van der Waals surface area contributed by atoms with Crippen LogP contribution in [0.3, 0.4) is 0 Å². The molecular formula is C14H16. The van der Waals surface area contributed by atoms with Gasteiger partial charge in [0.25, 0.3) is 0 Å². The number of allylic oxidation sites excluding steroid dienone is 4. The van der Waals surface area contributed by atoms with Crippen molar-refractivity contribution in [1.82, 2.24) is 0 Å². The number of benzene rings is 1. The summed E-state index contributed by atoms with van der Waals surface area (Å²) in [5.41, 5.74) is 2.51. The molecule has 0 aliphatic rings. The Kier molecular flexibility index (Phi) is 4.49. The zero-order valence-electron chi connectivity index (χ0n) is 8.45. The zero-order chi connectivity index (χ0) is 10.2. The molecule has 0 saturated carbocycles. The van der Waals surface area contributed by atoms with Crippen molar-refractivity contribution >= 4 is 0 Å². The molecule has 0 unspecified atom stereocenters. The average Bonchev–Trinajstić information content (AvgIpc) is 2.25. The first-order chi connectivity index (χ1) is 6.83. The maximum atomic E-state index is 3.97. The Morgan fingerprint density at radius 1 is 1.21 bits per heavy atom. The largest absolute Gasteiger partial charge is 0.0991 e. The van der Waals surface area contributed by atoms with Gasteiger partial charge in [-0.2, -0.15) is 0 Å². The summed E-state index contributed by atoms with van der Waals surface area (Å²) in [6.45, 7) is 7.60. The van der Waals surface area contributed by atoms with Gasteiger partial charge in [0.05, 0.1) is 0 Å². The van der Waals surface area contributed by atoms with Crippen molar-refractivity contribution in [2.24, 2.45) is 0 Å². The average molecular weight is 184 g/mol. The van der Waals surface area contributed by atoms with E-state index >= 15 is 0 Å². The fourth-order valence-electron chi connectivity index (χ4n) is 1.24. The van der Waals surface area contributed by atoms with Crippen molar-refractivity contribution in [1.29, 1.82) is 0 Å². The molecule has 1 rings (SSSR count). The van der Waals surface area contributed by atoms with E-state index in [-0.39, 0.29) is 0 Å². The van der Waals surface area contributed by atoms with Crippen molar-refractivity contribution in [3.8, 4) is 0 Å². The molecule has 0 radical (unpaired) electrons. The van der Waals surface area contributed by atoms with Gasteiger partial charge in [-0.05, 0) is 18.4 Å². The van der Waals surface area contributed by atoms with Crippen LogP contribution in [-0.4, -0.2) is 0 Å². The van der Waals surface area contributed by atoms with Gasteiger partial charge in [-0.3, -0.25) is 0 Å². The molecule has 0 aliphatic carbocycles. The van der Waals surface area contributed by atoms with Gasteiger partial charge in [-0.1, -0.05) is 67.3 Å². The second-order valence-electron chi connectivity index (χ2n) is 3.24. The van der Waals surface area contributed by atoms with E-state index in [0.29, 0.717) is 0 Å². The van der Waals surface area contributed by atoms with E-state index in [2.05, 4.69) is 37.4 Å². The van der Waals surface area contributed by atoms with Crippen LogP contribution >= 0.6 is 0 Å². The predicted molar refractivity (Wildman–Crippen MR) is 63.2 cm³/mol.